The summed E-state index contributed by atoms with van der Waals surface area (Å²) in [6.45, 7) is 0. The number of aryl methyl sites for hydroxylation is 2. The van der Waals surface area contributed by atoms with Gasteiger partial charge in [0.25, 0.3) is 0 Å². The second-order valence-corrected chi connectivity index (χ2v) is 14.3. The molecule has 0 bridgehead atoms. The van der Waals surface area contributed by atoms with Crippen LogP contribution in [0.3, 0.4) is 0 Å². The lowest BCUT2D eigenvalue weighted by Gasteiger charge is -2.07. The van der Waals surface area contributed by atoms with Gasteiger partial charge in [0, 0.05) is 0 Å². The van der Waals surface area contributed by atoms with Crippen molar-refractivity contribution in [3.63, 3.8) is 0 Å². The lowest BCUT2D eigenvalue weighted by molar-refractivity contribution is 0.825. The Labute approximate surface area is 184 Å². The lowest BCUT2D eigenvalue weighted by Crippen LogP contribution is -1.90. The van der Waals surface area contributed by atoms with Crippen molar-refractivity contribution >= 4 is 70.6 Å². The van der Waals surface area contributed by atoms with E-state index in [0.717, 1.165) is 0 Å². The maximum atomic E-state index is 2.37. The highest BCUT2D eigenvalue weighted by Gasteiger charge is 2.17. The predicted octanol–water partition coefficient (Wildman–Crippen LogP) is 8.27. The molecule has 26 heavy (non-hydrogen) atoms. The topological polar surface area (TPSA) is 0 Å². The van der Waals surface area contributed by atoms with Crippen molar-refractivity contribution in [2.45, 2.75) is 46.4 Å². The van der Waals surface area contributed by atoms with E-state index in [2.05, 4.69) is 47.6 Å². The molecule has 0 nitrogen and oxygen atoms in total. The summed E-state index contributed by atoms with van der Waals surface area (Å²) >= 11 is 11.9. The average Bonchev–Trinajstić information content (AvgIpc) is 3.32. The fraction of sp³-hybridized carbons (Fsp3) is 0.500. The first-order valence-electron chi connectivity index (χ1n) is 8.92. The van der Waals surface area contributed by atoms with Crippen molar-refractivity contribution in [3.05, 3.63) is 56.0 Å². The van der Waals surface area contributed by atoms with Gasteiger partial charge >= 0.3 is 0 Å². The summed E-state index contributed by atoms with van der Waals surface area (Å²) in [5, 5.41) is 4.74. The van der Waals surface area contributed by atoms with Crippen LogP contribution in [0.15, 0.2) is 44.9 Å². The Morgan fingerprint density at radius 3 is 1.46 bits per heavy atom. The van der Waals surface area contributed by atoms with Crippen LogP contribution in [0.5, 0.6) is 0 Å². The van der Waals surface area contributed by atoms with E-state index in [1.807, 2.05) is 70.6 Å². The van der Waals surface area contributed by atoms with Gasteiger partial charge in [-0.2, -0.15) is 0 Å². The molecule has 142 valence electrons. The number of hydrogen-bond donors (Lipinski definition) is 0. The Morgan fingerprint density at radius 1 is 0.692 bits per heavy atom. The van der Waals surface area contributed by atoms with Crippen LogP contribution in [0.2, 0.25) is 0 Å². The first-order chi connectivity index (χ1) is 12.8. The van der Waals surface area contributed by atoms with E-state index in [0.29, 0.717) is 7.83 Å². The van der Waals surface area contributed by atoms with E-state index >= 15 is 0 Å². The van der Waals surface area contributed by atoms with Crippen LogP contribution in [0, 0.1) is 0 Å². The Morgan fingerprint density at radius 2 is 1.12 bits per heavy atom. The van der Waals surface area contributed by atoms with Gasteiger partial charge in [-0.15, -0.1) is 70.6 Å². The molecule has 3 rings (SSSR count). The quantitative estimate of drug-likeness (QED) is 0.343. The molecule has 1 aromatic rings. The Kier molecular flexibility index (Phi) is 9.69. The standard InChI is InChI=1S/C20H26S6/c1-21-19-23-13-17(25-19)7-3-5-15-9-11-16(12-10-15)6-4-8-18-14-24-20(22-2)26-18/h9-14,19-20H,3-8H2,1-2H3. The smallest absolute Gasteiger partial charge is 0.104 e. The monoisotopic (exact) mass is 458 g/mol. The van der Waals surface area contributed by atoms with E-state index in [1.54, 1.807) is 9.81 Å². The fourth-order valence-corrected chi connectivity index (χ4v) is 9.68. The molecule has 0 spiro atoms. The molecule has 6 heteroatoms. The third-order valence-electron chi connectivity index (χ3n) is 4.30. The summed E-state index contributed by atoms with van der Waals surface area (Å²) < 4.78 is 1.38. The summed E-state index contributed by atoms with van der Waals surface area (Å²) in [5.74, 6) is 0. The van der Waals surface area contributed by atoms with Crippen molar-refractivity contribution in [2.24, 2.45) is 0 Å². The molecule has 0 saturated heterocycles. The minimum Gasteiger partial charge on any atom is -0.139 e. The average molecular weight is 459 g/mol. The van der Waals surface area contributed by atoms with Gasteiger partial charge in [0.1, 0.15) is 7.83 Å². The maximum Gasteiger partial charge on any atom is 0.104 e. The first kappa shape index (κ1) is 21.5. The molecule has 0 amide bonds. The zero-order valence-electron chi connectivity index (χ0n) is 15.3. The van der Waals surface area contributed by atoms with E-state index in [1.165, 1.54) is 49.7 Å². The predicted molar refractivity (Wildman–Crippen MR) is 133 cm³/mol. The summed E-state index contributed by atoms with van der Waals surface area (Å²) in [5.41, 5.74) is 2.97. The molecule has 0 N–H and O–H groups in total. The Bertz CT molecular complexity index is 567. The van der Waals surface area contributed by atoms with Crippen LogP contribution in [0.4, 0.5) is 0 Å². The van der Waals surface area contributed by atoms with E-state index in [4.69, 9.17) is 0 Å². The van der Waals surface area contributed by atoms with Gasteiger partial charge in [-0.05, 0) is 82.8 Å². The minimum atomic E-state index is 0.688. The number of thioether (sulfide) groups is 6. The fourth-order valence-electron chi connectivity index (χ4n) is 2.87. The Balaban J connectivity index is 1.32. The molecule has 2 aliphatic rings. The van der Waals surface area contributed by atoms with Crippen LogP contribution in [-0.4, -0.2) is 20.3 Å². The molecule has 0 fully saturated rings. The van der Waals surface area contributed by atoms with E-state index in [-0.39, 0.29) is 0 Å². The number of allylic oxidation sites excluding steroid dienone is 2. The third kappa shape index (κ3) is 7.00. The molecular weight excluding hydrogens is 433 g/mol. The lowest BCUT2D eigenvalue weighted by atomic mass is 10.0. The molecule has 1 aromatic carbocycles. The van der Waals surface area contributed by atoms with Crippen molar-refractivity contribution in [1.29, 1.82) is 0 Å². The summed E-state index contributed by atoms with van der Waals surface area (Å²) in [6.07, 6.45) is 11.8. The van der Waals surface area contributed by atoms with Crippen LogP contribution in [-0.2, 0) is 12.8 Å². The van der Waals surface area contributed by atoms with Gasteiger partial charge in [0.15, 0.2) is 0 Å². The van der Waals surface area contributed by atoms with Gasteiger partial charge in [-0.25, -0.2) is 0 Å². The van der Waals surface area contributed by atoms with Gasteiger partial charge in [0.2, 0.25) is 0 Å². The highest BCUT2D eigenvalue weighted by molar-refractivity contribution is 8.36. The molecule has 0 saturated carbocycles. The first-order valence-corrected chi connectivity index (χ1v) is 15.1. The number of rotatable bonds is 10. The molecule has 0 radical (unpaired) electrons. The minimum absolute atomic E-state index is 0.688. The van der Waals surface area contributed by atoms with Gasteiger partial charge < -0.3 is 0 Å². The summed E-state index contributed by atoms with van der Waals surface area (Å²) in [6, 6.07) is 9.37. The zero-order chi connectivity index (χ0) is 18.2. The van der Waals surface area contributed by atoms with E-state index in [9.17, 15) is 0 Å². The van der Waals surface area contributed by atoms with Crippen molar-refractivity contribution in [3.8, 4) is 0 Å². The second kappa shape index (κ2) is 11.7. The van der Waals surface area contributed by atoms with Gasteiger partial charge in [0.05, 0.1) is 0 Å². The van der Waals surface area contributed by atoms with Crippen LogP contribution < -0.4 is 0 Å². The summed E-state index contributed by atoms with van der Waals surface area (Å²) in [4.78, 5) is 3.15. The van der Waals surface area contributed by atoms with Crippen molar-refractivity contribution < 1.29 is 0 Å². The number of hydrogen-bond acceptors (Lipinski definition) is 6. The zero-order valence-corrected chi connectivity index (χ0v) is 20.2. The van der Waals surface area contributed by atoms with Crippen molar-refractivity contribution in [2.75, 3.05) is 12.5 Å². The largest absolute Gasteiger partial charge is 0.139 e. The highest BCUT2D eigenvalue weighted by Crippen LogP contribution is 2.47. The molecular formula is C20H26S6. The van der Waals surface area contributed by atoms with Gasteiger partial charge in [-0.3, -0.25) is 0 Å². The molecule has 2 heterocycles. The van der Waals surface area contributed by atoms with E-state index < -0.39 is 0 Å². The molecule has 0 aliphatic carbocycles. The van der Waals surface area contributed by atoms with Gasteiger partial charge in [-0.1, -0.05) is 24.3 Å². The highest BCUT2D eigenvalue weighted by atomic mass is 32.3. The molecule has 2 unspecified atom stereocenters. The van der Waals surface area contributed by atoms with Crippen LogP contribution in [0.1, 0.15) is 36.8 Å². The molecule has 0 aromatic heterocycles. The summed E-state index contributed by atoms with van der Waals surface area (Å²) in [7, 11) is 0. The normalized spacial score (nSPS) is 22.5. The second-order valence-electron chi connectivity index (χ2n) is 6.25. The van der Waals surface area contributed by atoms with Crippen LogP contribution in [0.25, 0.3) is 0 Å². The SMILES string of the molecule is CSC1SC=C(CCCc2ccc(CCCC3=CSC(SC)S3)cc2)S1. The molecule has 2 aliphatic heterocycles. The molecule has 2 atom stereocenters. The van der Waals surface area contributed by atoms with Crippen molar-refractivity contribution in [1.82, 2.24) is 0 Å². The maximum absolute atomic E-state index is 2.37. The third-order valence-corrected chi connectivity index (χ3v) is 13.1. The Hall–Kier alpha value is 0.800. The number of benzene rings is 1. The van der Waals surface area contributed by atoms with Crippen LogP contribution >= 0.6 is 70.6 Å².